The van der Waals surface area contributed by atoms with Gasteiger partial charge in [0.2, 0.25) is 0 Å². The Labute approximate surface area is 99.8 Å². The monoisotopic (exact) mass is 230 g/mol. The molecule has 0 unspecified atom stereocenters. The first kappa shape index (κ1) is 15.6. The molecule has 0 atom stereocenters. The average molecular weight is 230 g/mol. The van der Waals surface area contributed by atoms with Crippen LogP contribution in [0.1, 0.15) is 84.0 Å². The quantitative estimate of drug-likeness (QED) is 0.333. The molecule has 1 nitrogen and oxygen atoms in total. The third kappa shape index (κ3) is 13.6. The zero-order valence-electron chi connectivity index (χ0n) is 10.8. The van der Waals surface area contributed by atoms with Gasteiger partial charge >= 0.3 is 6.04 Å². The number of carbonyl (C=O) groups excluding carboxylic acids is 1. The van der Waals surface area contributed by atoms with Crippen LogP contribution in [0.3, 0.4) is 0 Å². The van der Waals surface area contributed by atoms with Gasteiger partial charge in [0.25, 0.3) is 0 Å². The molecule has 0 rings (SSSR count). The van der Waals surface area contributed by atoms with Gasteiger partial charge in [-0.1, -0.05) is 71.1 Å². The van der Waals surface area contributed by atoms with E-state index in [1.165, 1.54) is 51.4 Å². The second kappa shape index (κ2) is 12.7. The molecule has 0 aliphatic heterocycles. The lowest BCUT2D eigenvalue weighted by molar-refractivity contribution is -0.129. The van der Waals surface area contributed by atoms with Crippen LogP contribution in [0.2, 0.25) is 0 Å². The van der Waals surface area contributed by atoms with Crippen LogP contribution in [0.15, 0.2) is 0 Å². The molecular formula is C14H27FO. The van der Waals surface area contributed by atoms with E-state index in [9.17, 15) is 9.18 Å². The van der Waals surface area contributed by atoms with Crippen LogP contribution >= 0.6 is 0 Å². The second-order valence-electron chi connectivity index (χ2n) is 4.64. The van der Waals surface area contributed by atoms with Crippen LogP contribution < -0.4 is 0 Å². The van der Waals surface area contributed by atoms with Crippen molar-refractivity contribution < 1.29 is 9.18 Å². The maximum atomic E-state index is 11.8. The van der Waals surface area contributed by atoms with Gasteiger partial charge in [-0.25, -0.2) is 0 Å². The minimum absolute atomic E-state index is 0.122. The molecule has 0 aliphatic rings. The van der Waals surface area contributed by atoms with Crippen molar-refractivity contribution in [1.82, 2.24) is 0 Å². The summed E-state index contributed by atoms with van der Waals surface area (Å²) in [5, 5.41) is 0. The third-order valence-electron chi connectivity index (χ3n) is 2.98. The summed E-state index contributed by atoms with van der Waals surface area (Å²) >= 11 is 0. The highest BCUT2D eigenvalue weighted by atomic mass is 19.1. The largest absolute Gasteiger partial charge is 0.301 e. The number of unbranched alkanes of at least 4 members (excludes halogenated alkanes) is 10. The Morgan fingerprint density at radius 3 is 1.50 bits per heavy atom. The number of hydrogen-bond donors (Lipinski definition) is 0. The highest BCUT2D eigenvalue weighted by molar-refractivity contribution is 5.67. The summed E-state index contributed by atoms with van der Waals surface area (Å²) in [5.41, 5.74) is 0. The minimum Gasteiger partial charge on any atom is -0.261 e. The van der Waals surface area contributed by atoms with Crippen LogP contribution in [0.4, 0.5) is 4.39 Å². The first-order valence-electron chi connectivity index (χ1n) is 6.95. The molecular weight excluding hydrogens is 203 g/mol. The summed E-state index contributed by atoms with van der Waals surface area (Å²) in [6.45, 7) is 2.24. The normalized spacial score (nSPS) is 10.6. The van der Waals surface area contributed by atoms with E-state index in [0.717, 1.165) is 19.3 Å². The molecule has 16 heavy (non-hydrogen) atoms. The molecule has 0 amide bonds. The van der Waals surface area contributed by atoms with E-state index in [0.29, 0.717) is 0 Å². The Morgan fingerprint density at radius 1 is 0.750 bits per heavy atom. The SMILES string of the molecule is CCCCCCCCCCCCCC(=O)F. The molecule has 0 saturated carbocycles. The van der Waals surface area contributed by atoms with Crippen molar-refractivity contribution in [2.75, 3.05) is 0 Å². The highest BCUT2D eigenvalue weighted by Gasteiger charge is 1.97. The van der Waals surface area contributed by atoms with Crippen molar-refractivity contribution in [3.63, 3.8) is 0 Å². The molecule has 2 heteroatoms. The Balaban J connectivity index is 2.90. The van der Waals surface area contributed by atoms with Crippen molar-refractivity contribution in [3.8, 4) is 0 Å². The van der Waals surface area contributed by atoms with Gasteiger partial charge < -0.3 is 0 Å². The van der Waals surface area contributed by atoms with E-state index in [-0.39, 0.29) is 6.42 Å². The van der Waals surface area contributed by atoms with E-state index in [2.05, 4.69) is 6.92 Å². The lowest BCUT2D eigenvalue weighted by Gasteiger charge is -2.01. The predicted molar refractivity (Wildman–Crippen MR) is 67.2 cm³/mol. The number of halogens is 1. The van der Waals surface area contributed by atoms with Crippen molar-refractivity contribution in [2.45, 2.75) is 84.0 Å². The maximum absolute atomic E-state index is 11.8. The average Bonchev–Trinajstić information content (AvgIpc) is 2.25. The zero-order valence-corrected chi connectivity index (χ0v) is 10.8. The molecule has 0 heterocycles. The van der Waals surface area contributed by atoms with Gasteiger partial charge in [-0.2, -0.15) is 4.39 Å². The highest BCUT2D eigenvalue weighted by Crippen LogP contribution is 2.11. The second-order valence-corrected chi connectivity index (χ2v) is 4.64. The van der Waals surface area contributed by atoms with Gasteiger partial charge in [-0.3, -0.25) is 4.79 Å². The van der Waals surface area contributed by atoms with Crippen LogP contribution in [0.25, 0.3) is 0 Å². The summed E-state index contributed by atoms with van der Waals surface area (Å²) in [7, 11) is 0. The minimum atomic E-state index is -1.16. The molecule has 0 N–H and O–H groups in total. The predicted octanol–water partition coefficient (Wildman–Crippen LogP) is 5.18. The molecule has 0 aliphatic carbocycles. The topological polar surface area (TPSA) is 17.1 Å². The first-order valence-corrected chi connectivity index (χ1v) is 6.95. The third-order valence-corrected chi connectivity index (χ3v) is 2.98. The van der Waals surface area contributed by atoms with E-state index < -0.39 is 6.04 Å². The molecule has 96 valence electrons. The van der Waals surface area contributed by atoms with Crippen molar-refractivity contribution >= 4 is 6.04 Å². The lowest BCUT2D eigenvalue weighted by atomic mass is 10.1. The summed E-state index contributed by atoms with van der Waals surface area (Å²) in [5.74, 6) is 0. The van der Waals surface area contributed by atoms with Gasteiger partial charge in [0.1, 0.15) is 0 Å². The number of rotatable bonds is 12. The fraction of sp³-hybridized carbons (Fsp3) is 0.929. The standard InChI is InChI=1S/C14H27FO/c1-2-3-4-5-6-7-8-9-10-11-12-13-14(15)16/h2-13H2,1H3. The summed E-state index contributed by atoms with van der Waals surface area (Å²) in [4.78, 5) is 10.0. The molecule has 0 aromatic heterocycles. The van der Waals surface area contributed by atoms with Crippen molar-refractivity contribution in [1.29, 1.82) is 0 Å². The molecule has 0 saturated heterocycles. The Bertz CT molecular complexity index is 157. The fourth-order valence-corrected chi connectivity index (χ4v) is 1.93. The number of hydrogen-bond acceptors (Lipinski definition) is 1. The van der Waals surface area contributed by atoms with Gasteiger partial charge in [0.05, 0.1) is 0 Å². The molecule has 0 bridgehead atoms. The molecule has 0 fully saturated rings. The van der Waals surface area contributed by atoms with Crippen LogP contribution in [-0.2, 0) is 4.79 Å². The summed E-state index contributed by atoms with van der Waals surface area (Å²) in [6, 6.07) is -1.16. The van der Waals surface area contributed by atoms with Crippen molar-refractivity contribution in [2.24, 2.45) is 0 Å². The van der Waals surface area contributed by atoms with E-state index >= 15 is 0 Å². The van der Waals surface area contributed by atoms with E-state index in [1.807, 2.05) is 0 Å². The Hall–Kier alpha value is -0.400. The lowest BCUT2D eigenvalue weighted by Crippen LogP contribution is -1.87. The molecule has 0 spiro atoms. The maximum Gasteiger partial charge on any atom is 0.301 e. The van der Waals surface area contributed by atoms with Crippen molar-refractivity contribution in [3.05, 3.63) is 0 Å². The van der Waals surface area contributed by atoms with Crippen LogP contribution in [0.5, 0.6) is 0 Å². The van der Waals surface area contributed by atoms with E-state index in [1.54, 1.807) is 0 Å². The molecule has 0 aromatic carbocycles. The van der Waals surface area contributed by atoms with Crippen LogP contribution in [0, 0.1) is 0 Å². The fourth-order valence-electron chi connectivity index (χ4n) is 1.93. The first-order chi connectivity index (χ1) is 7.77. The van der Waals surface area contributed by atoms with E-state index in [4.69, 9.17) is 0 Å². The van der Waals surface area contributed by atoms with Gasteiger partial charge in [-0.05, 0) is 6.42 Å². The van der Waals surface area contributed by atoms with Gasteiger partial charge in [0, 0.05) is 6.42 Å². The Morgan fingerprint density at radius 2 is 1.12 bits per heavy atom. The Kier molecular flexibility index (Phi) is 12.4. The smallest absolute Gasteiger partial charge is 0.261 e. The summed E-state index contributed by atoms with van der Waals surface area (Å²) in [6.07, 6.45) is 13.7. The number of carbonyl (C=O) groups is 1. The van der Waals surface area contributed by atoms with Gasteiger partial charge in [-0.15, -0.1) is 0 Å². The summed E-state index contributed by atoms with van der Waals surface area (Å²) < 4.78 is 11.8. The molecule has 0 radical (unpaired) electrons. The van der Waals surface area contributed by atoms with Gasteiger partial charge in [0.15, 0.2) is 0 Å². The zero-order chi connectivity index (χ0) is 12.1. The molecule has 0 aromatic rings. The van der Waals surface area contributed by atoms with Crippen LogP contribution in [-0.4, -0.2) is 6.04 Å².